The number of carbonyl (C=O) groups excluding carboxylic acids is 1. The van der Waals surface area contributed by atoms with Gasteiger partial charge in [-0.05, 0) is 36.8 Å². The van der Waals surface area contributed by atoms with Gasteiger partial charge in [0.05, 0.1) is 15.3 Å². The van der Waals surface area contributed by atoms with Gasteiger partial charge in [-0.3, -0.25) is 4.79 Å². The summed E-state index contributed by atoms with van der Waals surface area (Å²) in [4.78, 5) is 15.8. The van der Waals surface area contributed by atoms with E-state index in [9.17, 15) is 26.4 Å². The number of nitrogens with zero attached hydrogens (tertiary/aromatic N) is 1. The fourth-order valence-corrected chi connectivity index (χ4v) is 4.61. The summed E-state index contributed by atoms with van der Waals surface area (Å²) in [5.41, 5.74) is -0.0458. The van der Waals surface area contributed by atoms with E-state index in [0.29, 0.717) is 6.07 Å². The molecule has 0 aliphatic heterocycles. The van der Waals surface area contributed by atoms with Crippen LogP contribution in [0.1, 0.15) is 12.8 Å². The van der Waals surface area contributed by atoms with Crippen molar-refractivity contribution in [2.75, 3.05) is 11.1 Å². The highest BCUT2D eigenvalue weighted by molar-refractivity contribution is 7.91. The molecule has 1 amide bonds. The molecule has 142 valence electrons. The zero-order valence-corrected chi connectivity index (χ0v) is 15.3. The van der Waals surface area contributed by atoms with Crippen molar-refractivity contribution in [1.29, 1.82) is 0 Å². The van der Waals surface area contributed by atoms with Crippen LogP contribution in [0.3, 0.4) is 0 Å². The van der Waals surface area contributed by atoms with Crippen LogP contribution in [0.2, 0.25) is 0 Å². The van der Waals surface area contributed by atoms with Crippen LogP contribution in [0.4, 0.5) is 18.3 Å². The Bertz CT molecular complexity index is 1100. The predicted octanol–water partition coefficient (Wildman–Crippen LogP) is 3.91. The quantitative estimate of drug-likeness (QED) is 0.621. The second kappa shape index (κ2) is 7.65. The number of halogens is 3. The molecule has 0 radical (unpaired) electrons. The molecule has 1 N–H and O–H groups in total. The number of hydrogen-bond acceptors (Lipinski definition) is 5. The number of carbonyl (C=O) groups is 1. The lowest BCUT2D eigenvalue weighted by Gasteiger charge is -2.04. The lowest BCUT2D eigenvalue weighted by Crippen LogP contribution is -2.14. The molecule has 2 aromatic carbocycles. The molecule has 0 unspecified atom stereocenters. The molecule has 0 saturated carbocycles. The second-order valence-corrected chi connectivity index (χ2v) is 8.82. The maximum Gasteiger partial charge on any atom is 0.226 e. The third-order valence-corrected chi connectivity index (χ3v) is 6.38. The van der Waals surface area contributed by atoms with Crippen molar-refractivity contribution in [2.45, 2.75) is 17.7 Å². The van der Waals surface area contributed by atoms with Crippen LogP contribution >= 0.6 is 11.3 Å². The molecule has 0 spiro atoms. The van der Waals surface area contributed by atoms with Gasteiger partial charge in [-0.2, -0.15) is 0 Å². The first-order valence-electron chi connectivity index (χ1n) is 7.78. The highest BCUT2D eigenvalue weighted by Gasteiger charge is 2.16. The number of hydrogen-bond donors (Lipinski definition) is 1. The highest BCUT2D eigenvalue weighted by Crippen LogP contribution is 2.28. The maximum atomic E-state index is 13.6. The standard InChI is InChI=1S/C17H13F3N2O3S2/c18-10-3-5-12(6-4-10)27(24,25)7-1-2-15(23)21-17-22-16-13(20)8-11(19)9-14(16)26-17/h3-6,8-9H,1-2,7H2,(H,21,22,23). The van der Waals surface area contributed by atoms with Gasteiger partial charge in [-0.1, -0.05) is 11.3 Å². The van der Waals surface area contributed by atoms with Gasteiger partial charge in [0.2, 0.25) is 5.91 Å². The van der Waals surface area contributed by atoms with Gasteiger partial charge in [0, 0.05) is 12.5 Å². The van der Waals surface area contributed by atoms with Crippen molar-refractivity contribution < 1.29 is 26.4 Å². The summed E-state index contributed by atoms with van der Waals surface area (Å²) in [5, 5.41) is 2.54. The van der Waals surface area contributed by atoms with Gasteiger partial charge >= 0.3 is 0 Å². The third kappa shape index (κ3) is 4.64. The topological polar surface area (TPSA) is 76.1 Å². The van der Waals surface area contributed by atoms with Crippen LogP contribution < -0.4 is 5.32 Å². The van der Waals surface area contributed by atoms with Crippen LogP contribution in [0, 0.1) is 17.5 Å². The molecule has 5 nitrogen and oxygen atoms in total. The van der Waals surface area contributed by atoms with Crippen LogP contribution in [0.5, 0.6) is 0 Å². The smallest absolute Gasteiger partial charge is 0.226 e. The highest BCUT2D eigenvalue weighted by atomic mass is 32.2. The molecular formula is C17H13F3N2O3S2. The van der Waals surface area contributed by atoms with Crippen molar-refractivity contribution in [1.82, 2.24) is 4.98 Å². The summed E-state index contributed by atoms with van der Waals surface area (Å²) in [5.74, 6) is -2.89. The normalized spacial score (nSPS) is 11.7. The van der Waals surface area contributed by atoms with Crippen molar-refractivity contribution in [2.24, 2.45) is 0 Å². The molecule has 10 heteroatoms. The monoisotopic (exact) mass is 414 g/mol. The molecule has 0 saturated heterocycles. The molecule has 0 atom stereocenters. The molecule has 0 fully saturated rings. The fraction of sp³-hybridized carbons (Fsp3) is 0.176. The second-order valence-electron chi connectivity index (χ2n) is 5.68. The van der Waals surface area contributed by atoms with Gasteiger partial charge in [0.15, 0.2) is 20.8 Å². The SMILES string of the molecule is O=C(CCCS(=O)(=O)c1ccc(F)cc1)Nc1nc2c(F)cc(F)cc2s1. The number of fused-ring (bicyclic) bond motifs is 1. The first kappa shape index (κ1) is 19.3. The van der Waals surface area contributed by atoms with E-state index in [1.165, 1.54) is 12.1 Å². The molecular weight excluding hydrogens is 401 g/mol. The van der Waals surface area contributed by atoms with Gasteiger partial charge in [-0.25, -0.2) is 26.6 Å². The zero-order valence-electron chi connectivity index (χ0n) is 13.7. The van der Waals surface area contributed by atoms with E-state index in [2.05, 4.69) is 10.3 Å². The van der Waals surface area contributed by atoms with Gasteiger partial charge in [-0.15, -0.1) is 0 Å². The third-order valence-electron chi connectivity index (χ3n) is 3.65. The van der Waals surface area contributed by atoms with Gasteiger partial charge in [0.1, 0.15) is 17.2 Å². The first-order chi connectivity index (χ1) is 12.7. The summed E-state index contributed by atoms with van der Waals surface area (Å²) in [6.45, 7) is 0. The molecule has 3 aromatic rings. The number of thiazole rings is 1. The van der Waals surface area contributed by atoms with E-state index in [1.54, 1.807) is 0 Å². The van der Waals surface area contributed by atoms with Crippen LogP contribution in [0.25, 0.3) is 10.2 Å². The number of aromatic nitrogens is 1. The molecule has 1 heterocycles. The van der Waals surface area contributed by atoms with E-state index in [0.717, 1.165) is 29.5 Å². The Balaban J connectivity index is 1.58. The first-order valence-corrected chi connectivity index (χ1v) is 10.3. The number of sulfone groups is 1. The molecule has 0 aliphatic rings. The predicted molar refractivity (Wildman–Crippen MR) is 95.9 cm³/mol. The summed E-state index contributed by atoms with van der Waals surface area (Å²) in [6, 6.07) is 6.25. The fourth-order valence-electron chi connectivity index (χ4n) is 2.37. The van der Waals surface area contributed by atoms with Gasteiger partial charge in [0.25, 0.3) is 0 Å². The van der Waals surface area contributed by atoms with E-state index < -0.39 is 33.2 Å². The van der Waals surface area contributed by atoms with Crippen molar-refractivity contribution in [3.05, 3.63) is 53.8 Å². The largest absolute Gasteiger partial charge is 0.302 e. The summed E-state index contributed by atoms with van der Waals surface area (Å²) >= 11 is 0.914. The number of rotatable bonds is 6. The lowest BCUT2D eigenvalue weighted by molar-refractivity contribution is -0.116. The lowest BCUT2D eigenvalue weighted by atomic mass is 10.3. The molecule has 1 aromatic heterocycles. The molecule has 27 heavy (non-hydrogen) atoms. The van der Waals surface area contributed by atoms with Crippen molar-refractivity contribution in [3.8, 4) is 0 Å². The number of anilines is 1. The summed E-state index contributed by atoms with van der Waals surface area (Å²) in [6.07, 6.45) is -0.0629. The number of benzene rings is 2. The van der Waals surface area contributed by atoms with Gasteiger partial charge < -0.3 is 5.32 Å². The molecule has 3 rings (SSSR count). The Morgan fingerprint density at radius 1 is 1.07 bits per heavy atom. The van der Waals surface area contributed by atoms with E-state index >= 15 is 0 Å². The Hall–Kier alpha value is -2.46. The summed E-state index contributed by atoms with van der Waals surface area (Å²) < 4.78 is 64.2. The number of amides is 1. The minimum absolute atomic E-state index is 0.0204. The van der Waals surface area contributed by atoms with Crippen LogP contribution in [0.15, 0.2) is 41.3 Å². The van der Waals surface area contributed by atoms with E-state index in [4.69, 9.17) is 0 Å². The van der Waals surface area contributed by atoms with Crippen LogP contribution in [-0.2, 0) is 14.6 Å². The molecule has 0 bridgehead atoms. The maximum absolute atomic E-state index is 13.6. The minimum Gasteiger partial charge on any atom is -0.302 e. The Morgan fingerprint density at radius 2 is 1.78 bits per heavy atom. The average Bonchev–Trinajstić information content (AvgIpc) is 2.97. The zero-order chi connectivity index (χ0) is 19.6. The Kier molecular flexibility index (Phi) is 5.47. The summed E-state index contributed by atoms with van der Waals surface area (Å²) in [7, 11) is -3.63. The van der Waals surface area contributed by atoms with Crippen LogP contribution in [-0.4, -0.2) is 25.1 Å². The molecule has 0 aliphatic carbocycles. The van der Waals surface area contributed by atoms with Crippen molar-refractivity contribution >= 4 is 42.4 Å². The van der Waals surface area contributed by atoms with E-state index in [1.807, 2.05) is 0 Å². The Morgan fingerprint density at radius 3 is 2.48 bits per heavy atom. The Labute approximate surface area is 156 Å². The number of nitrogens with one attached hydrogen (secondary N) is 1. The van der Waals surface area contributed by atoms with Crippen molar-refractivity contribution in [3.63, 3.8) is 0 Å². The van der Waals surface area contributed by atoms with E-state index in [-0.39, 0.29) is 38.8 Å². The average molecular weight is 414 g/mol. The minimum atomic E-state index is -3.63.